The van der Waals surface area contributed by atoms with E-state index in [9.17, 15) is 8.78 Å². The molecular weight excluding hydrogens is 501 g/mol. The number of ether oxygens (including phenoxy) is 1. The van der Waals surface area contributed by atoms with Crippen LogP contribution in [0.1, 0.15) is 11.1 Å². The van der Waals surface area contributed by atoms with Gasteiger partial charge in [-0.25, -0.2) is 13.8 Å². The van der Waals surface area contributed by atoms with Gasteiger partial charge in [-0.3, -0.25) is 4.99 Å². The number of nitrogens with zero attached hydrogens (tertiary/aromatic N) is 2. The Kier molecular flexibility index (Phi) is 9.46. The molecule has 0 atom stereocenters. The monoisotopic (exact) mass is 524 g/mol. The third-order valence-electron chi connectivity index (χ3n) is 4.12. The zero-order chi connectivity index (χ0) is 20.5. The van der Waals surface area contributed by atoms with Crippen molar-refractivity contribution in [2.45, 2.75) is 13.0 Å². The standard InChI is InChI=1S/C22H22F2N4O.HI/c1-25-22(26-12-11-16-5-8-18(23)9-6-16)28-15-17-7-10-21(27-14-17)29-20-4-2-3-19(24)13-20;/h2-10,13-14H,11-12,15H2,1H3,(H2,25,26,28);1H. The first-order valence-corrected chi connectivity index (χ1v) is 9.20. The molecular formula is C22H23F2IN4O. The fourth-order valence-corrected chi connectivity index (χ4v) is 2.61. The van der Waals surface area contributed by atoms with Crippen molar-refractivity contribution in [3.8, 4) is 11.6 Å². The van der Waals surface area contributed by atoms with Gasteiger partial charge in [0.2, 0.25) is 5.88 Å². The summed E-state index contributed by atoms with van der Waals surface area (Å²) in [4.78, 5) is 8.42. The summed E-state index contributed by atoms with van der Waals surface area (Å²) in [6.45, 7) is 1.20. The molecule has 0 saturated carbocycles. The van der Waals surface area contributed by atoms with E-state index in [2.05, 4.69) is 20.6 Å². The van der Waals surface area contributed by atoms with Crippen LogP contribution in [0, 0.1) is 11.6 Å². The van der Waals surface area contributed by atoms with Crippen molar-refractivity contribution in [1.82, 2.24) is 15.6 Å². The van der Waals surface area contributed by atoms with E-state index >= 15 is 0 Å². The molecule has 2 N–H and O–H groups in total. The van der Waals surface area contributed by atoms with Crippen molar-refractivity contribution < 1.29 is 13.5 Å². The van der Waals surface area contributed by atoms with Gasteiger partial charge in [0.25, 0.3) is 0 Å². The molecule has 5 nitrogen and oxygen atoms in total. The van der Waals surface area contributed by atoms with E-state index in [4.69, 9.17) is 4.74 Å². The van der Waals surface area contributed by atoms with Gasteiger partial charge in [0, 0.05) is 38.5 Å². The molecule has 0 fully saturated rings. The van der Waals surface area contributed by atoms with E-state index in [1.807, 2.05) is 6.07 Å². The van der Waals surface area contributed by atoms with E-state index in [0.29, 0.717) is 30.7 Å². The number of pyridine rings is 1. The lowest BCUT2D eigenvalue weighted by atomic mass is 10.1. The molecule has 2 aromatic carbocycles. The molecule has 0 saturated heterocycles. The van der Waals surface area contributed by atoms with E-state index in [-0.39, 0.29) is 35.6 Å². The third kappa shape index (κ3) is 7.58. The van der Waals surface area contributed by atoms with Crippen molar-refractivity contribution in [3.05, 3.63) is 89.6 Å². The van der Waals surface area contributed by atoms with E-state index in [1.165, 1.54) is 24.3 Å². The minimum absolute atomic E-state index is 0. The number of aliphatic imine (C=N–C) groups is 1. The molecule has 0 amide bonds. The van der Waals surface area contributed by atoms with Gasteiger partial charge >= 0.3 is 0 Å². The lowest BCUT2D eigenvalue weighted by molar-refractivity contribution is 0.457. The minimum Gasteiger partial charge on any atom is -0.439 e. The lowest BCUT2D eigenvalue weighted by Gasteiger charge is -2.12. The second-order valence-electron chi connectivity index (χ2n) is 6.29. The molecule has 3 aromatic rings. The number of guanidine groups is 1. The highest BCUT2D eigenvalue weighted by atomic mass is 127. The van der Waals surface area contributed by atoms with Crippen LogP contribution in [0.5, 0.6) is 11.6 Å². The fourth-order valence-electron chi connectivity index (χ4n) is 2.61. The molecule has 0 bridgehead atoms. The van der Waals surface area contributed by atoms with Crippen molar-refractivity contribution in [3.63, 3.8) is 0 Å². The highest BCUT2D eigenvalue weighted by Gasteiger charge is 2.03. The summed E-state index contributed by atoms with van der Waals surface area (Å²) in [5.41, 5.74) is 1.99. The van der Waals surface area contributed by atoms with Gasteiger partial charge in [-0.1, -0.05) is 24.3 Å². The molecule has 1 heterocycles. The Labute approximate surface area is 191 Å². The predicted molar refractivity (Wildman–Crippen MR) is 124 cm³/mol. The number of nitrogens with one attached hydrogen (secondary N) is 2. The minimum atomic E-state index is -0.360. The van der Waals surface area contributed by atoms with Crippen molar-refractivity contribution in [2.24, 2.45) is 4.99 Å². The quantitative estimate of drug-likeness (QED) is 0.268. The number of halogens is 3. The summed E-state index contributed by atoms with van der Waals surface area (Å²) in [5.74, 6) is 0.851. The molecule has 0 aliphatic carbocycles. The lowest BCUT2D eigenvalue weighted by Crippen LogP contribution is -2.37. The van der Waals surface area contributed by atoms with Crippen LogP contribution < -0.4 is 15.4 Å². The Balaban J connectivity index is 0.00000320. The van der Waals surface area contributed by atoms with E-state index < -0.39 is 0 Å². The molecule has 0 radical (unpaired) electrons. The maximum absolute atomic E-state index is 13.2. The number of rotatable bonds is 7. The second kappa shape index (κ2) is 12.1. The number of benzene rings is 2. The summed E-state index contributed by atoms with van der Waals surface area (Å²) in [6, 6.07) is 16.0. The Morgan fingerprint density at radius 2 is 1.73 bits per heavy atom. The van der Waals surface area contributed by atoms with Gasteiger partial charge < -0.3 is 15.4 Å². The van der Waals surface area contributed by atoms with Gasteiger partial charge in [0.15, 0.2) is 5.96 Å². The van der Waals surface area contributed by atoms with Gasteiger partial charge in [-0.05, 0) is 41.8 Å². The average molecular weight is 524 g/mol. The van der Waals surface area contributed by atoms with Crippen molar-refractivity contribution in [2.75, 3.05) is 13.6 Å². The average Bonchev–Trinajstić information content (AvgIpc) is 2.73. The van der Waals surface area contributed by atoms with Gasteiger partial charge in [-0.15, -0.1) is 24.0 Å². The summed E-state index contributed by atoms with van der Waals surface area (Å²) >= 11 is 0. The number of aromatic nitrogens is 1. The first-order chi connectivity index (χ1) is 14.1. The van der Waals surface area contributed by atoms with Gasteiger partial charge in [-0.2, -0.15) is 0 Å². The zero-order valence-electron chi connectivity index (χ0n) is 16.4. The Morgan fingerprint density at radius 3 is 2.40 bits per heavy atom. The largest absolute Gasteiger partial charge is 0.439 e. The highest BCUT2D eigenvalue weighted by molar-refractivity contribution is 14.0. The van der Waals surface area contributed by atoms with Crippen LogP contribution in [0.3, 0.4) is 0 Å². The maximum Gasteiger partial charge on any atom is 0.219 e. The molecule has 1 aromatic heterocycles. The second-order valence-corrected chi connectivity index (χ2v) is 6.29. The topological polar surface area (TPSA) is 58.5 Å². The van der Waals surface area contributed by atoms with Crippen LogP contribution in [0.15, 0.2) is 71.9 Å². The summed E-state index contributed by atoms with van der Waals surface area (Å²) in [5, 5.41) is 6.42. The fraction of sp³-hybridized carbons (Fsp3) is 0.182. The molecule has 0 spiro atoms. The van der Waals surface area contributed by atoms with Crippen molar-refractivity contribution >= 4 is 29.9 Å². The van der Waals surface area contributed by atoms with Crippen LogP contribution in [0.25, 0.3) is 0 Å². The molecule has 3 rings (SSSR count). The Hall–Kier alpha value is -2.75. The smallest absolute Gasteiger partial charge is 0.219 e. The van der Waals surface area contributed by atoms with Gasteiger partial charge in [0.05, 0.1) is 0 Å². The molecule has 30 heavy (non-hydrogen) atoms. The molecule has 8 heteroatoms. The van der Waals surface area contributed by atoms with Crippen LogP contribution in [-0.4, -0.2) is 24.5 Å². The highest BCUT2D eigenvalue weighted by Crippen LogP contribution is 2.19. The van der Waals surface area contributed by atoms with Gasteiger partial charge in [0.1, 0.15) is 17.4 Å². The van der Waals surface area contributed by atoms with Crippen LogP contribution in [0.4, 0.5) is 8.78 Å². The first kappa shape index (κ1) is 23.5. The zero-order valence-corrected chi connectivity index (χ0v) is 18.8. The molecule has 158 valence electrons. The summed E-state index contributed by atoms with van der Waals surface area (Å²) in [6.07, 6.45) is 2.45. The maximum atomic E-state index is 13.2. The van der Waals surface area contributed by atoms with Crippen molar-refractivity contribution in [1.29, 1.82) is 0 Å². The Morgan fingerprint density at radius 1 is 0.967 bits per heavy atom. The normalized spacial score (nSPS) is 10.8. The summed E-state index contributed by atoms with van der Waals surface area (Å²) < 4.78 is 31.7. The van der Waals surface area contributed by atoms with Crippen LogP contribution in [0.2, 0.25) is 0 Å². The third-order valence-corrected chi connectivity index (χ3v) is 4.12. The molecule has 0 aliphatic heterocycles. The first-order valence-electron chi connectivity index (χ1n) is 9.20. The molecule has 0 unspecified atom stereocenters. The number of hydrogen-bond donors (Lipinski definition) is 2. The van der Waals surface area contributed by atoms with E-state index in [0.717, 1.165) is 17.5 Å². The Bertz CT molecular complexity index is 950. The number of hydrogen-bond acceptors (Lipinski definition) is 3. The van der Waals surface area contributed by atoms with Crippen LogP contribution >= 0.6 is 24.0 Å². The molecule has 0 aliphatic rings. The predicted octanol–water partition coefficient (Wildman–Crippen LogP) is 4.68. The SMILES string of the molecule is CN=C(NCCc1ccc(F)cc1)NCc1ccc(Oc2cccc(F)c2)nc1.I. The van der Waals surface area contributed by atoms with Crippen LogP contribution in [-0.2, 0) is 13.0 Å². The summed E-state index contributed by atoms with van der Waals surface area (Å²) in [7, 11) is 1.70. The van der Waals surface area contributed by atoms with E-state index in [1.54, 1.807) is 43.6 Å².